The molecule has 0 radical (unpaired) electrons. The van der Waals surface area contributed by atoms with Gasteiger partial charge in [-0.1, -0.05) is 0 Å². The molecular formula is C28H27FN6O4. The number of fused-ring (bicyclic) bond motifs is 1. The fraction of sp³-hybridized carbons (Fsp3) is 0.357. The quantitative estimate of drug-likeness (QED) is 0.363. The highest BCUT2D eigenvalue weighted by Crippen LogP contribution is 2.36. The van der Waals surface area contributed by atoms with Crippen LogP contribution in [0.5, 0.6) is 17.4 Å². The summed E-state index contributed by atoms with van der Waals surface area (Å²) in [5.74, 6) is 1.18. The van der Waals surface area contributed by atoms with Crippen molar-refractivity contribution in [1.82, 2.24) is 19.4 Å². The lowest BCUT2D eigenvalue weighted by atomic mass is 10.1. The third kappa shape index (κ3) is 5.15. The van der Waals surface area contributed by atoms with E-state index in [4.69, 9.17) is 19.2 Å². The number of aromatic nitrogens is 4. The Morgan fingerprint density at radius 2 is 1.90 bits per heavy atom. The van der Waals surface area contributed by atoms with E-state index in [2.05, 4.69) is 20.9 Å². The molecule has 11 heteroatoms. The predicted octanol–water partition coefficient (Wildman–Crippen LogP) is 3.76. The smallest absolute Gasteiger partial charge is 0.250 e. The first kappa shape index (κ1) is 24.9. The summed E-state index contributed by atoms with van der Waals surface area (Å²) in [4.78, 5) is 15.2. The minimum Gasteiger partial charge on any atom is -0.490 e. The van der Waals surface area contributed by atoms with E-state index in [1.54, 1.807) is 16.7 Å². The van der Waals surface area contributed by atoms with Crippen LogP contribution in [0.2, 0.25) is 0 Å². The van der Waals surface area contributed by atoms with E-state index in [0.717, 1.165) is 55.8 Å². The Morgan fingerprint density at radius 3 is 2.56 bits per heavy atom. The van der Waals surface area contributed by atoms with Crippen molar-refractivity contribution in [1.29, 1.82) is 5.26 Å². The summed E-state index contributed by atoms with van der Waals surface area (Å²) in [5.41, 5.74) is 1.78. The first-order valence-electron chi connectivity index (χ1n) is 12.8. The number of pyridine rings is 3. The zero-order chi connectivity index (χ0) is 27.0. The van der Waals surface area contributed by atoms with E-state index in [1.807, 2.05) is 18.2 Å². The van der Waals surface area contributed by atoms with Crippen molar-refractivity contribution in [2.24, 2.45) is 0 Å². The lowest BCUT2D eigenvalue weighted by molar-refractivity contribution is 0.0857. The predicted molar refractivity (Wildman–Crippen MR) is 139 cm³/mol. The van der Waals surface area contributed by atoms with Crippen LogP contribution in [0.1, 0.15) is 31.4 Å². The van der Waals surface area contributed by atoms with Crippen LogP contribution in [-0.2, 0) is 0 Å². The zero-order valence-corrected chi connectivity index (χ0v) is 21.4. The summed E-state index contributed by atoms with van der Waals surface area (Å²) in [6.07, 6.45) is 7.70. The molecule has 4 aromatic heterocycles. The maximum absolute atomic E-state index is 13.9. The van der Waals surface area contributed by atoms with Crippen molar-refractivity contribution in [2.75, 3.05) is 31.7 Å². The fourth-order valence-electron chi connectivity index (χ4n) is 4.71. The van der Waals surface area contributed by atoms with Gasteiger partial charge in [-0.3, -0.25) is 4.40 Å². The van der Waals surface area contributed by atoms with Crippen molar-refractivity contribution in [3.8, 4) is 34.7 Å². The van der Waals surface area contributed by atoms with Gasteiger partial charge in [-0.15, -0.1) is 0 Å². The Kier molecular flexibility index (Phi) is 6.40. The number of anilines is 1. The molecular weight excluding hydrogens is 503 g/mol. The Morgan fingerprint density at radius 1 is 1.08 bits per heavy atom. The monoisotopic (exact) mass is 530 g/mol. The first-order valence-corrected chi connectivity index (χ1v) is 12.8. The Labute approximate surface area is 224 Å². The molecule has 1 N–H and O–H groups in total. The molecule has 6 rings (SSSR count). The van der Waals surface area contributed by atoms with Gasteiger partial charge in [0.1, 0.15) is 47.4 Å². The average Bonchev–Trinajstić information content (AvgIpc) is 3.55. The minimum absolute atomic E-state index is 0.0505. The molecule has 0 atom stereocenters. The van der Waals surface area contributed by atoms with Crippen LogP contribution in [0, 0.1) is 17.1 Å². The summed E-state index contributed by atoms with van der Waals surface area (Å²) >= 11 is 0. The van der Waals surface area contributed by atoms with Gasteiger partial charge in [-0.05, 0) is 25.0 Å². The SMILES string of the molecule is COc1ncc(OC2CCN(c3ccc(-c4cc(OCC5(O)CC5)cc5ncc(C#N)n45)cn3)CC2)cc1F. The number of aliphatic hydroxyl groups is 1. The van der Waals surface area contributed by atoms with Crippen LogP contribution in [0.25, 0.3) is 16.9 Å². The second-order valence-corrected chi connectivity index (χ2v) is 9.91. The van der Waals surface area contributed by atoms with Gasteiger partial charge in [0.25, 0.3) is 0 Å². The molecule has 2 fully saturated rings. The molecule has 1 aliphatic carbocycles. The van der Waals surface area contributed by atoms with E-state index in [9.17, 15) is 14.8 Å². The molecule has 0 bridgehead atoms. The second-order valence-electron chi connectivity index (χ2n) is 9.91. The highest BCUT2D eigenvalue weighted by Gasteiger charge is 2.41. The topological polar surface area (TPSA) is 118 Å². The number of hydrogen-bond donors (Lipinski definition) is 1. The van der Waals surface area contributed by atoms with Gasteiger partial charge in [-0.25, -0.2) is 19.3 Å². The largest absolute Gasteiger partial charge is 0.490 e. The van der Waals surface area contributed by atoms with Crippen molar-refractivity contribution >= 4 is 11.5 Å². The highest BCUT2D eigenvalue weighted by molar-refractivity contribution is 5.68. The van der Waals surface area contributed by atoms with E-state index in [-0.39, 0.29) is 18.6 Å². The van der Waals surface area contributed by atoms with E-state index < -0.39 is 11.4 Å². The van der Waals surface area contributed by atoms with Crippen LogP contribution >= 0.6 is 0 Å². The lowest BCUT2D eigenvalue weighted by Crippen LogP contribution is -2.38. The molecule has 0 aromatic carbocycles. The lowest BCUT2D eigenvalue weighted by Gasteiger charge is -2.33. The van der Waals surface area contributed by atoms with Gasteiger partial charge >= 0.3 is 0 Å². The summed E-state index contributed by atoms with van der Waals surface area (Å²) in [7, 11) is 1.37. The summed E-state index contributed by atoms with van der Waals surface area (Å²) < 4.78 is 32.4. The van der Waals surface area contributed by atoms with E-state index >= 15 is 0 Å². The first-order chi connectivity index (χ1) is 18.9. The molecule has 10 nitrogen and oxygen atoms in total. The Hall–Kier alpha value is -4.43. The number of ether oxygens (including phenoxy) is 3. The average molecular weight is 531 g/mol. The number of rotatable bonds is 8. The van der Waals surface area contributed by atoms with Crippen LogP contribution in [-0.4, -0.2) is 63.0 Å². The second kappa shape index (κ2) is 10.0. The molecule has 2 aliphatic rings. The van der Waals surface area contributed by atoms with Gasteiger partial charge in [0.15, 0.2) is 5.82 Å². The number of piperidine rings is 1. The fourth-order valence-corrected chi connectivity index (χ4v) is 4.71. The highest BCUT2D eigenvalue weighted by atomic mass is 19.1. The zero-order valence-electron chi connectivity index (χ0n) is 21.4. The number of methoxy groups -OCH3 is 1. The standard InChI is InChI=1S/C28H27FN6O4/c1-37-27-23(29)10-22(16-33-27)39-20-4-8-34(9-5-20)25-3-2-18(14-31-25)24-11-21(38-17-28(36)6-7-28)12-26-32-15-19(13-30)35(24)26/h2-3,10-12,14-16,20,36H,4-9,17H2,1H3. The maximum atomic E-state index is 13.9. The summed E-state index contributed by atoms with van der Waals surface area (Å²) in [6, 6.07) is 11.0. The van der Waals surface area contributed by atoms with Crippen LogP contribution in [0.15, 0.2) is 48.9 Å². The Balaban J connectivity index is 1.16. The van der Waals surface area contributed by atoms with Crippen LogP contribution < -0.4 is 19.1 Å². The summed E-state index contributed by atoms with van der Waals surface area (Å²) in [6.45, 7) is 1.69. The number of hydrogen-bond acceptors (Lipinski definition) is 9. The van der Waals surface area contributed by atoms with Crippen LogP contribution in [0.4, 0.5) is 10.2 Å². The number of halogens is 1. The van der Waals surface area contributed by atoms with Crippen molar-refractivity contribution < 1.29 is 23.7 Å². The number of imidazole rings is 1. The molecule has 1 saturated heterocycles. The molecule has 200 valence electrons. The number of nitrogens with zero attached hydrogens (tertiary/aromatic N) is 6. The van der Waals surface area contributed by atoms with Crippen molar-refractivity contribution in [3.05, 3.63) is 60.4 Å². The molecule has 4 aromatic rings. The van der Waals surface area contributed by atoms with Crippen LogP contribution in [0.3, 0.4) is 0 Å². The van der Waals surface area contributed by atoms with Crippen molar-refractivity contribution in [3.63, 3.8) is 0 Å². The van der Waals surface area contributed by atoms with Gasteiger partial charge in [0.2, 0.25) is 5.88 Å². The Bertz CT molecular complexity index is 1540. The molecule has 0 unspecified atom stereocenters. The third-order valence-corrected chi connectivity index (χ3v) is 7.12. The molecule has 0 amide bonds. The van der Waals surface area contributed by atoms with Gasteiger partial charge in [0.05, 0.1) is 30.8 Å². The van der Waals surface area contributed by atoms with Gasteiger partial charge in [0, 0.05) is 55.9 Å². The van der Waals surface area contributed by atoms with E-state index in [0.29, 0.717) is 22.8 Å². The third-order valence-electron chi connectivity index (χ3n) is 7.12. The molecule has 5 heterocycles. The number of nitriles is 1. The minimum atomic E-state index is -0.747. The molecule has 1 saturated carbocycles. The van der Waals surface area contributed by atoms with E-state index in [1.165, 1.54) is 25.6 Å². The van der Waals surface area contributed by atoms with Gasteiger partial charge in [-0.2, -0.15) is 5.26 Å². The van der Waals surface area contributed by atoms with Gasteiger partial charge < -0.3 is 24.2 Å². The summed E-state index contributed by atoms with van der Waals surface area (Å²) in [5, 5.41) is 19.8. The van der Waals surface area contributed by atoms with Crippen molar-refractivity contribution in [2.45, 2.75) is 37.4 Å². The molecule has 39 heavy (non-hydrogen) atoms. The maximum Gasteiger partial charge on any atom is 0.250 e. The molecule has 1 aliphatic heterocycles. The molecule has 0 spiro atoms. The normalized spacial score (nSPS) is 16.6.